The lowest BCUT2D eigenvalue weighted by Gasteiger charge is -2.33. The third-order valence-corrected chi connectivity index (χ3v) is 6.17. The van der Waals surface area contributed by atoms with Crippen LogP contribution in [0, 0.1) is 0 Å². The van der Waals surface area contributed by atoms with Crippen LogP contribution in [0.2, 0.25) is 5.02 Å². The van der Waals surface area contributed by atoms with Gasteiger partial charge in [0.25, 0.3) is 5.91 Å². The van der Waals surface area contributed by atoms with Crippen molar-refractivity contribution < 1.29 is 22.7 Å². The quantitative estimate of drug-likeness (QED) is 0.350. The maximum Gasteiger partial charge on any atom is 0.417 e. The van der Waals surface area contributed by atoms with Crippen LogP contribution < -0.4 is 10.1 Å². The number of ether oxygens (including phenoxy) is 1. The molecule has 0 aromatic heterocycles. The van der Waals surface area contributed by atoms with Gasteiger partial charge >= 0.3 is 6.18 Å². The summed E-state index contributed by atoms with van der Waals surface area (Å²) in [5.41, 5.74) is 0.519. The predicted molar refractivity (Wildman–Crippen MR) is 132 cm³/mol. The van der Waals surface area contributed by atoms with Crippen LogP contribution in [-0.4, -0.2) is 30.9 Å². The fourth-order valence-corrected chi connectivity index (χ4v) is 4.30. The van der Waals surface area contributed by atoms with Crippen LogP contribution in [0.5, 0.6) is 5.75 Å². The number of rotatable bonds is 9. The Morgan fingerprint density at radius 2 is 1.71 bits per heavy atom. The summed E-state index contributed by atoms with van der Waals surface area (Å²) in [5, 5.41) is 2.30. The highest BCUT2D eigenvalue weighted by Gasteiger charge is 2.35. The molecular formula is C27H28ClF3N2O2. The minimum atomic E-state index is -4.66. The first-order valence-electron chi connectivity index (χ1n) is 11.2. The van der Waals surface area contributed by atoms with Gasteiger partial charge in [-0.2, -0.15) is 13.2 Å². The lowest BCUT2D eigenvalue weighted by atomic mass is 9.95. The normalized spacial score (nSPS) is 13.4. The summed E-state index contributed by atoms with van der Waals surface area (Å²) in [4.78, 5) is 15.1. The molecule has 35 heavy (non-hydrogen) atoms. The molecular weight excluding hydrogens is 477 g/mol. The Morgan fingerprint density at radius 1 is 1.03 bits per heavy atom. The molecule has 0 heterocycles. The molecule has 1 N–H and O–H groups in total. The van der Waals surface area contributed by atoms with Gasteiger partial charge in [0.2, 0.25) is 0 Å². The van der Waals surface area contributed by atoms with Crippen molar-refractivity contribution in [2.45, 2.75) is 38.2 Å². The van der Waals surface area contributed by atoms with Gasteiger partial charge in [-0.15, -0.1) is 0 Å². The van der Waals surface area contributed by atoms with E-state index in [0.29, 0.717) is 18.8 Å². The third kappa shape index (κ3) is 6.77. The SMILES string of the molecule is CC[C@@H]([C@@H](NC(=O)c1cccc(C(F)(F)F)c1Cl)c1cccc(OCc2ccccc2)c1)N(C)C. The molecule has 3 rings (SSSR count). The molecule has 8 heteroatoms. The Bertz CT molecular complexity index is 1140. The molecule has 0 unspecified atom stereocenters. The Labute approximate surface area is 208 Å². The van der Waals surface area contributed by atoms with Crippen LogP contribution in [0.1, 0.15) is 46.4 Å². The van der Waals surface area contributed by atoms with Crippen molar-refractivity contribution in [3.05, 3.63) is 100 Å². The van der Waals surface area contributed by atoms with Crippen molar-refractivity contribution in [2.24, 2.45) is 0 Å². The molecule has 0 aliphatic carbocycles. The summed E-state index contributed by atoms with van der Waals surface area (Å²) in [5.74, 6) is -0.0571. The molecule has 0 fully saturated rings. The van der Waals surface area contributed by atoms with E-state index < -0.39 is 28.7 Å². The summed E-state index contributed by atoms with van der Waals surface area (Å²) < 4.78 is 45.9. The van der Waals surface area contributed by atoms with E-state index in [0.717, 1.165) is 17.2 Å². The summed E-state index contributed by atoms with van der Waals surface area (Å²) in [6.07, 6.45) is -3.98. The zero-order valence-electron chi connectivity index (χ0n) is 19.8. The predicted octanol–water partition coefficient (Wildman–Crippen LogP) is 6.75. The van der Waals surface area contributed by atoms with E-state index in [9.17, 15) is 18.0 Å². The van der Waals surface area contributed by atoms with Crippen molar-refractivity contribution >= 4 is 17.5 Å². The Hall–Kier alpha value is -3.03. The van der Waals surface area contributed by atoms with Crippen molar-refractivity contribution in [1.82, 2.24) is 10.2 Å². The van der Waals surface area contributed by atoms with Crippen molar-refractivity contribution in [1.29, 1.82) is 0 Å². The molecule has 0 aliphatic rings. The highest BCUT2D eigenvalue weighted by Crippen LogP contribution is 2.36. The van der Waals surface area contributed by atoms with Gasteiger partial charge in [-0.1, -0.05) is 67.1 Å². The number of hydrogen-bond donors (Lipinski definition) is 1. The number of nitrogens with zero attached hydrogens (tertiary/aromatic N) is 1. The molecule has 1 amide bonds. The first-order valence-corrected chi connectivity index (χ1v) is 11.6. The second-order valence-electron chi connectivity index (χ2n) is 8.40. The molecule has 0 aliphatic heterocycles. The standard InChI is InChI=1S/C27H28ClF3N2O2/c1-4-23(33(2)3)25(32-26(34)21-14-9-15-22(24(21)28)27(29,30)31)19-12-8-13-20(16-19)35-17-18-10-6-5-7-11-18/h5-16,23,25H,4,17H2,1-3H3,(H,32,34)/t23-,25-/m0/s1. The molecule has 0 saturated heterocycles. The minimum Gasteiger partial charge on any atom is -0.489 e. The van der Waals surface area contributed by atoms with Crippen molar-refractivity contribution in [3.63, 3.8) is 0 Å². The number of hydrogen-bond acceptors (Lipinski definition) is 3. The lowest BCUT2D eigenvalue weighted by molar-refractivity contribution is -0.137. The van der Waals surface area contributed by atoms with E-state index in [1.54, 1.807) is 0 Å². The van der Waals surface area contributed by atoms with Crippen LogP contribution in [0.4, 0.5) is 13.2 Å². The molecule has 186 valence electrons. The monoisotopic (exact) mass is 504 g/mol. The van der Waals surface area contributed by atoms with Gasteiger partial charge in [0.15, 0.2) is 0 Å². The van der Waals surface area contributed by atoms with Gasteiger partial charge in [0.1, 0.15) is 12.4 Å². The maximum absolute atomic E-state index is 13.3. The number of benzene rings is 3. The van der Waals surface area contributed by atoms with Gasteiger partial charge in [-0.3, -0.25) is 4.79 Å². The Morgan fingerprint density at radius 3 is 2.34 bits per heavy atom. The van der Waals surface area contributed by atoms with Crippen LogP contribution >= 0.6 is 11.6 Å². The summed E-state index contributed by atoms with van der Waals surface area (Å²) in [6.45, 7) is 2.36. The van der Waals surface area contributed by atoms with E-state index in [1.807, 2.05) is 80.5 Å². The molecule has 0 bridgehead atoms. The average Bonchev–Trinajstić information content (AvgIpc) is 2.82. The zero-order valence-corrected chi connectivity index (χ0v) is 20.5. The number of carbonyl (C=O) groups is 1. The summed E-state index contributed by atoms with van der Waals surface area (Å²) >= 11 is 6.01. The van der Waals surface area contributed by atoms with Crippen LogP contribution in [-0.2, 0) is 12.8 Å². The van der Waals surface area contributed by atoms with Crippen LogP contribution in [0.3, 0.4) is 0 Å². The molecule has 4 nitrogen and oxygen atoms in total. The largest absolute Gasteiger partial charge is 0.489 e. The number of alkyl halides is 3. The molecule has 0 radical (unpaired) electrons. The fraction of sp³-hybridized carbons (Fsp3) is 0.296. The number of likely N-dealkylation sites (N-methyl/N-ethyl adjacent to an activating group) is 1. The summed E-state index contributed by atoms with van der Waals surface area (Å²) in [7, 11) is 3.78. The first kappa shape index (κ1) is 26.6. The zero-order chi connectivity index (χ0) is 25.6. The number of carbonyl (C=O) groups excluding carboxylic acids is 1. The number of nitrogens with one attached hydrogen (secondary N) is 1. The molecule has 3 aromatic rings. The minimum absolute atomic E-state index is 0.132. The van der Waals surface area contributed by atoms with Crippen molar-refractivity contribution in [2.75, 3.05) is 14.1 Å². The average molecular weight is 505 g/mol. The summed E-state index contributed by atoms with van der Waals surface area (Å²) in [6, 6.07) is 19.8. The van der Waals surface area contributed by atoms with Crippen molar-refractivity contribution in [3.8, 4) is 5.75 Å². The Kier molecular flexibility index (Phi) is 8.81. The first-order chi connectivity index (χ1) is 16.6. The van der Waals surface area contributed by atoms with E-state index >= 15 is 0 Å². The fourth-order valence-electron chi connectivity index (χ4n) is 3.98. The highest BCUT2D eigenvalue weighted by atomic mass is 35.5. The number of amides is 1. The second-order valence-corrected chi connectivity index (χ2v) is 8.78. The van der Waals surface area contributed by atoms with E-state index in [1.165, 1.54) is 12.1 Å². The topological polar surface area (TPSA) is 41.6 Å². The van der Waals surface area contributed by atoms with Gasteiger partial charge < -0.3 is 15.0 Å². The van der Waals surface area contributed by atoms with E-state index in [2.05, 4.69) is 5.32 Å². The van der Waals surface area contributed by atoms with Gasteiger partial charge in [-0.05, 0) is 55.9 Å². The molecule has 0 saturated carbocycles. The molecule has 3 aromatic carbocycles. The van der Waals surface area contributed by atoms with Crippen LogP contribution in [0.15, 0.2) is 72.8 Å². The van der Waals surface area contributed by atoms with Gasteiger partial charge in [0.05, 0.1) is 22.2 Å². The lowest BCUT2D eigenvalue weighted by Crippen LogP contribution is -2.43. The maximum atomic E-state index is 13.3. The van der Waals surface area contributed by atoms with Crippen LogP contribution in [0.25, 0.3) is 0 Å². The molecule has 2 atom stereocenters. The molecule has 0 spiro atoms. The van der Waals surface area contributed by atoms with E-state index in [-0.39, 0.29) is 11.6 Å². The van der Waals surface area contributed by atoms with Gasteiger partial charge in [-0.25, -0.2) is 0 Å². The second kappa shape index (κ2) is 11.6. The smallest absolute Gasteiger partial charge is 0.417 e. The van der Waals surface area contributed by atoms with Gasteiger partial charge in [0, 0.05) is 6.04 Å². The highest BCUT2D eigenvalue weighted by molar-refractivity contribution is 6.34. The Balaban J connectivity index is 1.90. The van der Waals surface area contributed by atoms with E-state index in [4.69, 9.17) is 16.3 Å². The third-order valence-electron chi connectivity index (χ3n) is 5.77. The number of halogens is 4.